The maximum Gasteiger partial charge on any atom is 0.248 e. The largest absolute Gasteiger partial charge is 0.481 e. The normalized spacial score (nSPS) is 24.5. The molecule has 2 atom stereocenters. The van der Waals surface area contributed by atoms with Crippen LogP contribution in [-0.4, -0.2) is 35.4 Å². The summed E-state index contributed by atoms with van der Waals surface area (Å²) in [5.74, 6) is -3.76. The van der Waals surface area contributed by atoms with Gasteiger partial charge in [0.15, 0.2) is 0 Å². The lowest BCUT2D eigenvalue weighted by atomic mass is 10.0. The Morgan fingerprint density at radius 3 is 2.90 bits per heavy atom. The summed E-state index contributed by atoms with van der Waals surface area (Å²) in [4.78, 5) is 18.2. The molecule has 1 aromatic heterocycles. The van der Waals surface area contributed by atoms with Gasteiger partial charge in [0.05, 0.1) is 13.7 Å². The highest BCUT2D eigenvalue weighted by Gasteiger charge is 2.56. The number of carbonyl (C=O) groups is 1. The van der Waals surface area contributed by atoms with E-state index in [2.05, 4.69) is 4.98 Å². The summed E-state index contributed by atoms with van der Waals surface area (Å²) in [6, 6.07) is 1.92. The minimum Gasteiger partial charge on any atom is -0.481 e. The van der Waals surface area contributed by atoms with Gasteiger partial charge < -0.3 is 9.64 Å². The standard InChI is InChI=1S/C15H18F2N2O2/c1-15(16,17)12-7-10(12)14(20)19-6-4-9-3-5-18-13(21-2)11(9)8-19/h3,5,10,12H,4,6-8H2,1-2H3/t10-,12-/m1/s1. The molecule has 1 amide bonds. The Kier molecular flexibility index (Phi) is 3.34. The summed E-state index contributed by atoms with van der Waals surface area (Å²) in [6.45, 7) is 1.85. The van der Waals surface area contributed by atoms with Gasteiger partial charge in [-0.3, -0.25) is 4.79 Å². The van der Waals surface area contributed by atoms with Crippen LogP contribution in [0.4, 0.5) is 8.78 Å². The molecule has 0 aromatic carbocycles. The molecular weight excluding hydrogens is 278 g/mol. The quantitative estimate of drug-likeness (QED) is 0.859. The number of amides is 1. The molecule has 1 saturated carbocycles. The molecule has 2 aliphatic rings. The lowest BCUT2D eigenvalue weighted by molar-refractivity contribution is -0.135. The third-order valence-electron chi connectivity index (χ3n) is 4.38. The van der Waals surface area contributed by atoms with Gasteiger partial charge in [-0.05, 0) is 31.4 Å². The van der Waals surface area contributed by atoms with Crippen molar-refractivity contribution >= 4 is 5.91 Å². The zero-order chi connectivity index (χ0) is 15.2. The fraction of sp³-hybridized carbons (Fsp3) is 0.600. The molecule has 0 spiro atoms. The Morgan fingerprint density at radius 1 is 1.52 bits per heavy atom. The third-order valence-corrected chi connectivity index (χ3v) is 4.38. The number of hydrogen-bond acceptors (Lipinski definition) is 3. The number of nitrogens with zero attached hydrogens (tertiary/aromatic N) is 2. The zero-order valence-electron chi connectivity index (χ0n) is 12.1. The fourth-order valence-electron chi connectivity index (χ4n) is 3.07. The molecule has 3 rings (SSSR count). The molecule has 2 heterocycles. The number of hydrogen-bond donors (Lipinski definition) is 0. The minimum atomic E-state index is -2.77. The first kappa shape index (κ1) is 14.2. The average Bonchev–Trinajstić information content (AvgIpc) is 3.25. The number of fused-ring (bicyclic) bond motifs is 1. The second-order valence-corrected chi connectivity index (χ2v) is 5.87. The highest BCUT2D eigenvalue weighted by Crippen LogP contribution is 2.50. The van der Waals surface area contributed by atoms with E-state index in [0.717, 1.165) is 18.1 Å². The van der Waals surface area contributed by atoms with E-state index in [-0.39, 0.29) is 12.3 Å². The van der Waals surface area contributed by atoms with Crippen LogP contribution in [0, 0.1) is 11.8 Å². The molecule has 0 saturated heterocycles. The van der Waals surface area contributed by atoms with Crippen molar-refractivity contribution in [3.63, 3.8) is 0 Å². The van der Waals surface area contributed by atoms with Crippen molar-refractivity contribution in [1.82, 2.24) is 9.88 Å². The van der Waals surface area contributed by atoms with Crippen LogP contribution in [0.5, 0.6) is 5.88 Å². The Labute approximate surface area is 122 Å². The second kappa shape index (κ2) is 4.93. The topological polar surface area (TPSA) is 42.4 Å². The highest BCUT2D eigenvalue weighted by molar-refractivity contribution is 5.82. The lowest BCUT2D eigenvalue weighted by Crippen LogP contribution is -2.38. The van der Waals surface area contributed by atoms with Gasteiger partial charge >= 0.3 is 0 Å². The average molecular weight is 296 g/mol. The van der Waals surface area contributed by atoms with E-state index in [1.165, 1.54) is 7.11 Å². The van der Waals surface area contributed by atoms with Crippen LogP contribution >= 0.6 is 0 Å². The zero-order valence-corrected chi connectivity index (χ0v) is 12.1. The number of methoxy groups -OCH3 is 1. The first-order valence-electron chi connectivity index (χ1n) is 7.09. The Balaban J connectivity index is 1.74. The van der Waals surface area contributed by atoms with E-state index in [1.807, 2.05) is 6.07 Å². The van der Waals surface area contributed by atoms with E-state index >= 15 is 0 Å². The summed E-state index contributed by atoms with van der Waals surface area (Å²) < 4.78 is 31.7. The molecule has 6 heteroatoms. The van der Waals surface area contributed by atoms with Crippen molar-refractivity contribution in [2.45, 2.75) is 32.2 Å². The molecular formula is C15H18F2N2O2. The van der Waals surface area contributed by atoms with Crippen LogP contribution in [0.15, 0.2) is 12.3 Å². The van der Waals surface area contributed by atoms with Gasteiger partial charge in [-0.2, -0.15) is 0 Å². The first-order chi connectivity index (χ1) is 9.91. The van der Waals surface area contributed by atoms with Gasteiger partial charge in [0, 0.05) is 30.1 Å². The van der Waals surface area contributed by atoms with Crippen LogP contribution in [-0.2, 0) is 17.8 Å². The summed E-state index contributed by atoms with van der Waals surface area (Å²) in [6.07, 6.45) is 2.68. The molecule has 21 heavy (non-hydrogen) atoms. The number of alkyl halides is 2. The Hall–Kier alpha value is -1.72. The van der Waals surface area contributed by atoms with Gasteiger partial charge in [0.25, 0.3) is 0 Å². The fourth-order valence-corrected chi connectivity index (χ4v) is 3.07. The summed E-state index contributed by atoms with van der Waals surface area (Å²) in [5, 5.41) is 0. The summed E-state index contributed by atoms with van der Waals surface area (Å²) in [7, 11) is 1.54. The molecule has 0 N–H and O–H groups in total. The number of rotatable bonds is 3. The third kappa shape index (κ3) is 2.59. The van der Waals surface area contributed by atoms with Crippen molar-refractivity contribution in [1.29, 1.82) is 0 Å². The maximum absolute atomic E-state index is 13.2. The molecule has 0 radical (unpaired) electrons. The van der Waals surface area contributed by atoms with Crippen LogP contribution < -0.4 is 4.74 Å². The summed E-state index contributed by atoms with van der Waals surface area (Å²) >= 11 is 0. The molecule has 1 fully saturated rings. The molecule has 1 aromatic rings. The van der Waals surface area contributed by atoms with Gasteiger partial charge in [0.1, 0.15) is 0 Å². The van der Waals surface area contributed by atoms with Crippen LogP contribution in [0.3, 0.4) is 0 Å². The Morgan fingerprint density at radius 2 is 2.29 bits per heavy atom. The van der Waals surface area contributed by atoms with Gasteiger partial charge in [-0.25, -0.2) is 13.8 Å². The number of halogens is 2. The second-order valence-electron chi connectivity index (χ2n) is 5.87. The molecule has 1 aliphatic carbocycles. The van der Waals surface area contributed by atoms with Gasteiger partial charge in [0.2, 0.25) is 17.7 Å². The number of carbonyl (C=O) groups excluding carboxylic acids is 1. The smallest absolute Gasteiger partial charge is 0.248 e. The van der Waals surface area contributed by atoms with E-state index in [0.29, 0.717) is 25.4 Å². The van der Waals surface area contributed by atoms with Crippen molar-refractivity contribution in [3.8, 4) is 5.88 Å². The van der Waals surface area contributed by atoms with Crippen molar-refractivity contribution in [2.75, 3.05) is 13.7 Å². The minimum absolute atomic E-state index is 0.168. The van der Waals surface area contributed by atoms with Crippen LogP contribution in [0.1, 0.15) is 24.5 Å². The molecule has 114 valence electrons. The van der Waals surface area contributed by atoms with Crippen molar-refractivity contribution < 1.29 is 18.3 Å². The van der Waals surface area contributed by atoms with Crippen LogP contribution in [0.25, 0.3) is 0 Å². The molecule has 0 unspecified atom stereocenters. The van der Waals surface area contributed by atoms with Crippen molar-refractivity contribution in [2.24, 2.45) is 11.8 Å². The number of ether oxygens (including phenoxy) is 1. The first-order valence-corrected chi connectivity index (χ1v) is 7.09. The van der Waals surface area contributed by atoms with Gasteiger partial charge in [-0.1, -0.05) is 0 Å². The predicted molar refractivity (Wildman–Crippen MR) is 72.1 cm³/mol. The highest BCUT2D eigenvalue weighted by atomic mass is 19.3. The Bertz CT molecular complexity index is 557. The molecule has 1 aliphatic heterocycles. The SMILES string of the molecule is COc1nccc2c1CN(C(=O)[C@@H]1C[C@H]1C(C)(F)F)CC2. The van der Waals surface area contributed by atoms with Crippen molar-refractivity contribution in [3.05, 3.63) is 23.4 Å². The summed E-state index contributed by atoms with van der Waals surface area (Å²) in [5.41, 5.74) is 2.00. The maximum atomic E-state index is 13.2. The van der Waals surface area contributed by atoms with E-state index in [4.69, 9.17) is 4.74 Å². The molecule has 4 nitrogen and oxygen atoms in total. The van der Waals surface area contributed by atoms with Gasteiger partial charge in [-0.15, -0.1) is 0 Å². The monoisotopic (exact) mass is 296 g/mol. The number of aromatic nitrogens is 1. The van der Waals surface area contributed by atoms with E-state index in [9.17, 15) is 13.6 Å². The predicted octanol–water partition coefficient (Wildman–Crippen LogP) is 2.27. The number of pyridine rings is 1. The van der Waals surface area contributed by atoms with Crippen LogP contribution in [0.2, 0.25) is 0 Å². The van der Waals surface area contributed by atoms with E-state index in [1.54, 1.807) is 11.1 Å². The molecule has 0 bridgehead atoms. The van der Waals surface area contributed by atoms with E-state index < -0.39 is 17.8 Å². The lowest BCUT2D eigenvalue weighted by Gasteiger charge is -2.29.